The van der Waals surface area contributed by atoms with Crippen LogP contribution in [0.3, 0.4) is 0 Å². The number of rotatable bonds is 1. The van der Waals surface area contributed by atoms with Crippen LogP contribution in [0.4, 0.5) is 0 Å². The normalized spacial score (nSPS) is 10.0. The van der Waals surface area contributed by atoms with Gasteiger partial charge in [0.25, 0.3) is 0 Å². The zero-order valence-corrected chi connectivity index (χ0v) is 6.95. The molecular weight excluding hydrogens is 172 g/mol. The Hall–Kier alpha value is -1.42. The Labute approximate surface area is 73.4 Å². The number of hydrogen-bond donors (Lipinski definition) is 1. The summed E-state index contributed by atoms with van der Waals surface area (Å²) in [5.41, 5.74) is 3.59. The summed E-state index contributed by atoms with van der Waals surface area (Å²) in [4.78, 5) is 7.87. The molecule has 2 aromatic heterocycles. The molecule has 0 saturated heterocycles. The second-order valence-corrected chi connectivity index (χ2v) is 3.00. The average molecular weight is 178 g/mol. The van der Waals surface area contributed by atoms with E-state index < -0.39 is 0 Å². The van der Waals surface area contributed by atoms with Crippen molar-refractivity contribution in [3.05, 3.63) is 29.2 Å². The molecule has 0 saturated carbocycles. The van der Waals surface area contributed by atoms with Crippen LogP contribution < -0.4 is 0 Å². The van der Waals surface area contributed by atoms with Gasteiger partial charge in [0.15, 0.2) is 0 Å². The molecular formula is C8H6N2OS. The quantitative estimate of drug-likeness (QED) is 0.725. The molecule has 3 nitrogen and oxygen atoms in total. The molecule has 0 amide bonds. The van der Waals surface area contributed by atoms with E-state index in [1.165, 1.54) is 11.3 Å². The third-order valence-corrected chi connectivity index (χ3v) is 2.06. The molecule has 0 unspecified atom stereocenters. The molecule has 2 aromatic rings. The van der Waals surface area contributed by atoms with Crippen LogP contribution in [-0.4, -0.2) is 15.1 Å². The summed E-state index contributed by atoms with van der Waals surface area (Å²) in [5.74, 6) is 0.0361. The minimum Gasteiger partial charge on any atom is -0.493 e. The fourth-order valence-electron chi connectivity index (χ4n) is 0.893. The molecule has 0 radical (unpaired) electrons. The van der Waals surface area contributed by atoms with Crippen LogP contribution in [0.15, 0.2) is 29.2 Å². The number of pyridine rings is 1. The van der Waals surface area contributed by atoms with Gasteiger partial charge >= 0.3 is 0 Å². The molecule has 0 aliphatic carbocycles. The number of aromatic nitrogens is 2. The maximum atomic E-state index is 8.93. The van der Waals surface area contributed by atoms with Crippen molar-refractivity contribution < 1.29 is 5.11 Å². The van der Waals surface area contributed by atoms with Gasteiger partial charge in [-0.15, -0.1) is 11.3 Å². The van der Waals surface area contributed by atoms with Gasteiger partial charge in [0.1, 0.15) is 0 Å². The fraction of sp³-hybridized carbons (Fsp3) is 0. The van der Waals surface area contributed by atoms with Crippen LogP contribution in [0.2, 0.25) is 0 Å². The predicted octanol–water partition coefficient (Wildman–Crippen LogP) is 1.91. The van der Waals surface area contributed by atoms with E-state index >= 15 is 0 Å². The number of nitrogens with zero attached hydrogens (tertiary/aromatic N) is 2. The summed E-state index contributed by atoms with van der Waals surface area (Å²) in [5, 5.41) is 10.9. The van der Waals surface area contributed by atoms with Gasteiger partial charge in [0.05, 0.1) is 11.2 Å². The minimum absolute atomic E-state index is 0.0361. The topological polar surface area (TPSA) is 46.0 Å². The summed E-state index contributed by atoms with van der Waals surface area (Å²) < 4.78 is 0. The Morgan fingerprint density at radius 1 is 1.25 bits per heavy atom. The van der Waals surface area contributed by atoms with Gasteiger partial charge in [-0.3, -0.25) is 0 Å². The van der Waals surface area contributed by atoms with Crippen LogP contribution in [-0.2, 0) is 0 Å². The molecule has 1 N–H and O–H groups in total. The molecule has 0 bridgehead atoms. The van der Waals surface area contributed by atoms with Gasteiger partial charge in [-0.25, -0.2) is 9.97 Å². The number of thiazole rings is 1. The van der Waals surface area contributed by atoms with Crippen molar-refractivity contribution in [1.29, 1.82) is 0 Å². The highest BCUT2D eigenvalue weighted by atomic mass is 32.1. The predicted molar refractivity (Wildman–Crippen MR) is 47.0 cm³/mol. The Bertz CT molecular complexity index is 355. The zero-order valence-electron chi connectivity index (χ0n) is 6.14. The molecule has 0 aliphatic heterocycles. The van der Waals surface area contributed by atoms with Gasteiger partial charge in [-0.2, -0.15) is 0 Å². The van der Waals surface area contributed by atoms with Crippen molar-refractivity contribution >= 4 is 11.3 Å². The first-order chi connectivity index (χ1) is 5.86. The van der Waals surface area contributed by atoms with Crippen LogP contribution in [0, 0.1) is 0 Å². The molecule has 12 heavy (non-hydrogen) atoms. The standard InChI is InChI=1S/C8H6N2OS/c11-8-2-1-6(3-9-8)7-4-12-5-10-7/h1-5H,(H,9,11). The van der Waals surface area contributed by atoms with Crippen molar-refractivity contribution in [3.63, 3.8) is 0 Å². The van der Waals surface area contributed by atoms with E-state index in [-0.39, 0.29) is 5.88 Å². The third-order valence-electron chi connectivity index (χ3n) is 1.48. The van der Waals surface area contributed by atoms with Gasteiger partial charge < -0.3 is 5.11 Å². The highest BCUT2D eigenvalue weighted by Gasteiger charge is 1.98. The molecule has 0 atom stereocenters. The van der Waals surface area contributed by atoms with E-state index in [9.17, 15) is 0 Å². The second-order valence-electron chi connectivity index (χ2n) is 2.28. The van der Waals surface area contributed by atoms with Crippen molar-refractivity contribution in [2.45, 2.75) is 0 Å². The fourth-order valence-corrected chi connectivity index (χ4v) is 1.45. The van der Waals surface area contributed by atoms with Crippen LogP contribution >= 0.6 is 11.3 Å². The average Bonchev–Trinajstić information content (AvgIpc) is 2.58. The van der Waals surface area contributed by atoms with E-state index in [2.05, 4.69) is 9.97 Å². The third kappa shape index (κ3) is 1.29. The SMILES string of the molecule is Oc1ccc(-c2cscn2)cn1. The van der Waals surface area contributed by atoms with E-state index in [0.717, 1.165) is 11.3 Å². The number of hydrogen-bond acceptors (Lipinski definition) is 4. The lowest BCUT2D eigenvalue weighted by atomic mass is 10.2. The first-order valence-corrected chi connectivity index (χ1v) is 4.34. The van der Waals surface area contributed by atoms with Gasteiger partial charge in [0, 0.05) is 23.2 Å². The van der Waals surface area contributed by atoms with Crippen molar-refractivity contribution in [2.75, 3.05) is 0 Å². The Kier molecular flexibility index (Phi) is 1.75. The zero-order chi connectivity index (χ0) is 8.39. The first-order valence-electron chi connectivity index (χ1n) is 3.40. The Morgan fingerprint density at radius 2 is 2.17 bits per heavy atom. The number of aromatic hydroxyl groups is 1. The van der Waals surface area contributed by atoms with Crippen LogP contribution in [0.5, 0.6) is 5.88 Å². The van der Waals surface area contributed by atoms with Crippen LogP contribution in [0.25, 0.3) is 11.3 Å². The van der Waals surface area contributed by atoms with Crippen molar-refractivity contribution in [1.82, 2.24) is 9.97 Å². The maximum Gasteiger partial charge on any atom is 0.210 e. The van der Waals surface area contributed by atoms with Crippen molar-refractivity contribution in [2.24, 2.45) is 0 Å². The molecule has 0 aromatic carbocycles. The van der Waals surface area contributed by atoms with Crippen LogP contribution in [0.1, 0.15) is 0 Å². The largest absolute Gasteiger partial charge is 0.493 e. The molecule has 0 fully saturated rings. The van der Waals surface area contributed by atoms with Gasteiger partial charge in [-0.1, -0.05) is 0 Å². The lowest BCUT2D eigenvalue weighted by Crippen LogP contribution is -1.78. The van der Waals surface area contributed by atoms with E-state index in [1.54, 1.807) is 23.8 Å². The molecule has 0 spiro atoms. The molecule has 4 heteroatoms. The molecule has 0 aliphatic rings. The lowest BCUT2D eigenvalue weighted by molar-refractivity contribution is 0.453. The lowest BCUT2D eigenvalue weighted by Gasteiger charge is -1.94. The van der Waals surface area contributed by atoms with E-state index in [0.29, 0.717) is 0 Å². The molecule has 60 valence electrons. The van der Waals surface area contributed by atoms with Crippen molar-refractivity contribution in [3.8, 4) is 17.1 Å². The van der Waals surface area contributed by atoms with E-state index in [4.69, 9.17) is 5.11 Å². The Balaban J connectivity index is 2.43. The summed E-state index contributed by atoms with van der Waals surface area (Å²) in [6.07, 6.45) is 1.60. The minimum atomic E-state index is 0.0361. The molecule has 2 heterocycles. The highest BCUT2D eigenvalue weighted by Crippen LogP contribution is 2.18. The maximum absolute atomic E-state index is 8.93. The highest BCUT2D eigenvalue weighted by molar-refractivity contribution is 7.07. The van der Waals surface area contributed by atoms with Gasteiger partial charge in [0.2, 0.25) is 5.88 Å². The molecule has 2 rings (SSSR count). The summed E-state index contributed by atoms with van der Waals surface area (Å²) >= 11 is 1.54. The Morgan fingerprint density at radius 3 is 2.75 bits per heavy atom. The monoisotopic (exact) mass is 178 g/mol. The van der Waals surface area contributed by atoms with Gasteiger partial charge in [-0.05, 0) is 6.07 Å². The smallest absolute Gasteiger partial charge is 0.210 e. The summed E-state index contributed by atoms with van der Waals surface area (Å²) in [6, 6.07) is 3.34. The first kappa shape index (κ1) is 7.24. The summed E-state index contributed by atoms with van der Waals surface area (Å²) in [7, 11) is 0. The summed E-state index contributed by atoms with van der Waals surface area (Å²) in [6.45, 7) is 0. The van der Waals surface area contributed by atoms with E-state index in [1.807, 2.05) is 5.38 Å². The second kappa shape index (κ2) is 2.91.